The average Bonchev–Trinajstić information content (AvgIpc) is 2.89. The van der Waals surface area contributed by atoms with E-state index in [1.165, 1.54) is 19.3 Å². The molecule has 1 aromatic carbocycles. The molecule has 1 aliphatic carbocycles. The van der Waals surface area contributed by atoms with E-state index in [1.54, 1.807) is 17.7 Å². The molecule has 0 spiro atoms. The molecular weight excluding hydrogens is 240 g/mol. The van der Waals surface area contributed by atoms with E-state index in [-0.39, 0.29) is 10.6 Å². The Labute approximate surface area is 113 Å². The average molecular weight is 260 g/mol. The molecule has 1 aromatic rings. The van der Waals surface area contributed by atoms with Crippen LogP contribution < -0.4 is 5.32 Å². The van der Waals surface area contributed by atoms with Gasteiger partial charge in [-0.3, -0.25) is 10.1 Å². The van der Waals surface area contributed by atoms with Crippen molar-refractivity contribution in [2.24, 2.45) is 0 Å². The van der Waals surface area contributed by atoms with Crippen LogP contribution in [-0.4, -0.2) is 11.5 Å². The van der Waals surface area contributed by atoms with E-state index in [9.17, 15) is 10.1 Å². The topological polar surface area (TPSA) is 55.2 Å². The van der Waals surface area contributed by atoms with Gasteiger partial charge in [-0.15, -0.1) is 0 Å². The highest BCUT2D eigenvalue weighted by molar-refractivity contribution is 5.44. The maximum atomic E-state index is 10.9. The third-order valence-corrected chi connectivity index (χ3v) is 3.69. The first-order chi connectivity index (χ1) is 9.18. The van der Waals surface area contributed by atoms with Gasteiger partial charge in [0.25, 0.3) is 5.69 Å². The fraction of sp³-hybridized carbons (Fsp3) is 0.467. The van der Waals surface area contributed by atoms with Crippen LogP contribution in [-0.2, 0) is 6.54 Å². The Balaban J connectivity index is 1.85. The number of nitrogens with one attached hydrogen (secondary N) is 1. The molecule has 1 N–H and O–H groups in total. The number of nitro benzene ring substituents is 1. The molecule has 0 amide bonds. The molecule has 2 rings (SSSR count). The first-order valence-corrected chi connectivity index (χ1v) is 6.80. The van der Waals surface area contributed by atoms with Crippen molar-refractivity contribution in [2.75, 3.05) is 6.54 Å². The fourth-order valence-electron chi connectivity index (χ4n) is 2.50. The normalized spacial score (nSPS) is 14.5. The summed E-state index contributed by atoms with van der Waals surface area (Å²) in [6.45, 7) is 3.45. The Morgan fingerprint density at radius 2 is 2.26 bits per heavy atom. The molecule has 0 saturated heterocycles. The second-order valence-corrected chi connectivity index (χ2v) is 5.00. The molecule has 0 unspecified atom stereocenters. The van der Waals surface area contributed by atoms with Crippen molar-refractivity contribution >= 4 is 5.69 Å². The molecule has 0 fully saturated rings. The zero-order chi connectivity index (χ0) is 13.7. The van der Waals surface area contributed by atoms with Crippen molar-refractivity contribution in [3.8, 4) is 0 Å². The van der Waals surface area contributed by atoms with Crippen molar-refractivity contribution in [3.63, 3.8) is 0 Å². The lowest BCUT2D eigenvalue weighted by Crippen LogP contribution is -2.16. The minimum atomic E-state index is -0.317. The monoisotopic (exact) mass is 260 g/mol. The number of rotatable bonds is 6. The second-order valence-electron chi connectivity index (χ2n) is 5.00. The maximum absolute atomic E-state index is 10.9. The van der Waals surface area contributed by atoms with Crippen LogP contribution in [0.5, 0.6) is 0 Å². The van der Waals surface area contributed by atoms with Crippen LogP contribution in [0.1, 0.15) is 36.8 Å². The number of benzene rings is 1. The summed E-state index contributed by atoms with van der Waals surface area (Å²) < 4.78 is 0. The van der Waals surface area contributed by atoms with Gasteiger partial charge in [-0.05, 0) is 44.7 Å². The van der Waals surface area contributed by atoms with E-state index in [4.69, 9.17) is 0 Å². The number of hydrogen-bond acceptors (Lipinski definition) is 3. The predicted octanol–water partition coefficient (Wildman–Crippen LogP) is 3.49. The lowest BCUT2D eigenvalue weighted by Gasteiger charge is -2.08. The summed E-state index contributed by atoms with van der Waals surface area (Å²) in [7, 11) is 0. The Bertz CT molecular complexity index is 495. The van der Waals surface area contributed by atoms with Gasteiger partial charge in [0.15, 0.2) is 0 Å². The Kier molecular flexibility index (Phi) is 4.68. The molecule has 0 aliphatic heterocycles. The molecule has 4 nitrogen and oxygen atoms in total. The zero-order valence-corrected chi connectivity index (χ0v) is 11.3. The van der Waals surface area contributed by atoms with E-state index < -0.39 is 0 Å². The van der Waals surface area contributed by atoms with Gasteiger partial charge >= 0.3 is 0 Å². The van der Waals surface area contributed by atoms with E-state index in [0.29, 0.717) is 6.54 Å². The first kappa shape index (κ1) is 13.7. The SMILES string of the molecule is Cc1c(CNCCC2=CCCC2)cccc1[N+](=O)[O-]. The number of nitrogens with zero attached hydrogens (tertiary/aromatic N) is 1. The highest BCUT2D eigenvalue weighted by Gasteiger charge is 2.12. The summed E-state index contributed by atoms with van der Waals surface area (Å²) in [6, 6.07) is 5.26. The largest absolute Gasteiger partial charge is 0.312 e. The Morgan fingerprint density at radius 3 is 2.95 bits per heavy atom. The zero-order valence-electron chi connectivity index (χ0n) is 11.3. The molecule has 0 aromatic heterocycles. The van der Waals surface area contributed by atoms with Crippen molar-refractivity contribution in [2.45, 2.75) is 39.2 Å². The van der Waals surface area contributed by atoms with Gasteiger partial charge in [0.1, 0.15) is 0 Å². The lowest BCUT2D eigenvalue weighted by atomic mass is 10.1. The summed E-state index contributed by atoms with van der Waals surface area (Å²) in [6.07, 6.45) is 7.17. The van der Waals surface area contributed by atoms with Crippen molar-refractivity contribution < 1.29 is 4.92 Å². The molecular formula is C15H20N2O2. The molecule has 0 bridgehead atoms. The molecule has 19 heavy (non-hydrogen) atoms. The fourth-order valence-corrected chi connectivity index (χ4v) is 2.50. The third-order valence-electron chi connectivity index (χ3n) is 3.69. The summed E-state index contributed by atoms with van der Waals surface area (Å²) in [5.41, 5.74) is 3.52. The summed E-state index contributed by atoms with van der Waals surface area (Å²) in [5.74, 6) is 0. The maximum Gasteiger partial charge on any atom is 0.272 e. The number of nitro groups is 1. The standard InChI is InChI=1S/C15H20N2O2/c1-12-14(7-4-8-15(12)17(18)19)11-16-10-9-13-5-2-3-6-13/h4-5,7-8,16H,2-3,6,9-11H2,1H3. The van der Waals surface area contributed by atoms with Crippen molar-refractivity contribution in [1.29, 1.82) is 0 Å². The second kappa shape index (κ2) is 6.48. The molecule has 0 saturated carbocycles. The molecule has 0 heterocycles. The quantitative estimate of drug-likeness (QED) is 0.368. The van der Waals surface area contributed by atoms with Crippen LogP contribution in [0.2, 0.25) is 0 Å². The van der Waals surface area contributed by atoms with E-state index in [1.807, 2.05) is 13.0 Å². The predicted molar refractivity (Wildman–Crippen MR) is 76.1 cm³/mol. The Hall–Kier alpha value is -1.68. The highest BCUT2D eigenvalue weighted by atomic mass is 16.6. The van der Waals surface area contributed by atoms with Crippen LogP contribution in [0.25, 0.3) is 0 Å². The van der Waals surface area contributed by atoms with Gasteiger partial charge in [0, 0.05) is 18.2 Å². The third kappa shape index (κ3) is 3.64. The van der Waals surface area contributed by atoms with Gasteiger partial charge in [-0.2, -0.15) is 0 Å². The summed E-state index contributed by atoms with van der Waals surface area (Å²) >= 11 is 0. The first-order valence-electron chi connectivity index (χ1n) is 6.80. The molecule has 1 aliphatic rings. The minimum Gasteiger partial charge on any atom is -0.312 e. The van der Waals surface area contributed by atoms with Gasteiger partial charge in [0.2, 0.25) is 0 Å². The van der Waals surface area contributed by atoms with Gasteiger partial charge in [-0.1, -0.05) is 23.8 Å². The van der Waals surface area contributed by atoms with Crippen molar-refractivity contribution in [3.05, 3.63) is 51.1 Å². The number of hydrogen-bond donors (Lipinski definition) is 1. The summed E-state index contributed by atoms with van der Waals surface area (Å²) in [5, 5.41) is 14.2. The van der Waals surface area contributed by atoms with Gasteiger partial charge in [0.05, 0.1) is 4.92 Å². The van der Waals surface area contributed by atoms with Crippen molar-refractivity contribution in [1.82, 2.24) is 5.32 Å². The molecule has 102 valence electrons. The smallest absolute Gasteiger partial charge is 0.272 e. The lowest BCUT2D eigenvalue weighted by molar-refractivity contribution is -0.385. The minimum absolute atomic E-state index is 0.206. The molecule has 0 atom stereocenters. The van der Waals surface area contributed by atoms with Crippen LogP contribution >= 0.6 is 0 Å². The van der Waals surface area contributed by atoms with Crippen LogP contribution in [0.3, 0.4) is 0 Å². The van der Waals surface area contributed by atoms with Gasteiger partial charge in [-0.25, -0.2) is 0 Å². The number of allylic oxidation sites excluding steroid dienone is 1. The molecule has 0 radical (unpaired) electrons. The Morgan fingerprint density at radius 1 is 1.42 bits per heavy atom. The van der Waals surface area contributed by atoms with E-state index in [0.717, 1.165) is 24.1 Å². The van der Waals surface area contributed by atoms with E-state index >= 15 is 0 Å². The van der Waals surface area contributed by atoms with Gasteiger partial charge < -0.3 is 5.32 Å². The van der Waals surface area contributed by atoms with Crippen LogP contribution in [0, 0.1) is 17.0 Å². The highest BCUT2D eigenvalue weighted by Crippen LogP contribution is 2.21. The summed E-state index contributed by atoms with van der Waals surface area (Å²) in [4.78, 5) is 10.5. The van der Waals surface area contributed by atoms with Crippen LogP contribution in [0.15, 0.2) is 29.8 Å². The molecule has 4 heteroatoms. The van der Waals surface area contributed by atoms with E-state index in [2.05, 4.69) is 11.4 Å². The van der Waals surface area contributed by atoms with Crippen LogP contribution in [0.4, 0.5) is 5.69 Å².